The van der Waals surface area contributed by atoms with Crippen molar-refractivity contribution in [2.24, 2.45) is 0 Å². The number of ketones is 1. The van der Waals surface area contributed by atoms with Gasteiger partial charge in [-0.15, -0.1) is 0 Å². The molecule has 2 N–H and O–H groups in total. The maximum absolute atomic E-state index is 12.4. The average molecular weight is 341 g/mol. The van der Waals surface area contributed by atoms with E-state index in [-0.39, 0.29) is 10.7 Å². The molecule has 7 heteroatoms. The van der Waals surface area contributed by atoms with Crippen molar-refractivity contribution in [2.45, 2.75) is 11.8 Å². The molecule has 0 aliphatic carbocycles. The molecule has 24 heavy (non-hydrogen) atoms. The monoisotopic (exact) mass is 341 g/mol. The third-order valence-corrected chi connectivity index (χ3v) is 4.88. The number of imidazole rings is 1. The number of H-pyrrole nitrogens is 1. The topological polar surface area (TPSA) is 91.9 Å². The van der Waals surface area contributed by atoms with Crippen molar-refractivity contribution < 1.29 is 13.2 Å². The number of hydrogen-bond acceptors (Lipinski definition) is 4. The van der Waals surface area contributed by atoms with Crippen LogP contribution < -0.4 is 4.72 Å². The highest BCUT2D eigenvalue weighted by atomic mass is 32.2. The Hall–Kier alpha value is -2.93. The minimum atomic E-state index is -3.71. The minimum absolute atomic E-state index is 0.0996. The second-order valence-corrected chi connectivity index (χ2v) is 6.88. The number of carbonyl (C=O) groups is 1. The molecule has 3 aromatic rings. The molecule has 3 rings (SSSR count). The molecule has 6 nitrogen and oxygen atoms in total. The third-order valence-electron chi connectivity index (χ3n) is 3.48. The number of Topliss-reactive ketones (excluding diaryl/α,β-unsaturated/α-hetero) is 1. The molecule has 1 aromatic heterocycles. The van der Waals surface area contributed by atoms with Gasteiger partial charge >= 0.3 is 0 Å². The normalized spacial score (nSPS) is 11.2. The maximum atomic E-state index is 12.4. The largest absolute Gasteiger partial charge is 0.345 e. The fourth-order valence-electron chi connectivity index (χ4n) is 2.20. The van der Waals surface area contributed by atoms with Crippen LogP contribution in [-0.2, 0) is 10.0 Å². The second kappa shape index (κ2) is 6.29. The molecular weight excluding hydrogens is 326 g/mol. The zero-order valence-corrected chi connectivity index (χ0v) is 13.7. The van der Waals surface area contributed by atoms with Crippen LogP contribution >= 0.6 is 0 Å². The van der Waals surface area contributed by atoms with Gasteiger partial charge in [0.15, 0.2) is 5.78 Å². The molecule has 0 aliphatic heterocycles. The van der Waals surface area contributed by atoms with Crippen molar-refractivity contribution in [3.8, 4) is 11.4 Å². The van der Waals surface area contributed by atoms with Gasteiger partial charge in [0, 0.05) is 29.2 Å². The van der Waals surface area contributed by atoms with E-state index in [2.05, 4.69) is 14.7 Å². The lowest BCUT2D eigenvalue weighted by molar-refractivity contribution is 0.101. The summed E-state index contributed by atoms with van der Waals surface area (Å²) < 4.78 is 27.3. The van der Waals surface area contributed by atoms with E-state index in [0.717, 1.165) is 5.56 Å². The number of nitrogens with one attached hydrogen (secondary N) is 2. The molecule has 0 fully saturated rings. The van der Waals surface area contributed by atoms with Crippen molar-refractivity contribution in [1.82, 2.24) is 9.97 Å². The van der Waals surface area contributed by atoms with Gasteiger partial charge in [0.25, 0.3) is 10.0 Å². The number of rotatable bonds is 5. The molecule has 0 saturated carbocycles. The first kappa shape index (κ1) is 15.9. The summed E-state index contributed by atoms with van der Waals surface area (Å²) in [7, 11) is -3.71. The van der Waals surface area contributed by atoms with E-state index < -0.39 is 10.0 Å². The Labute approximate surface area is 139 Å². The van der Waals surface area contributed by atoms with E-state index in [1.54, 1.807) is 36.7 Å². The molecule has 0 radical (unpaired) electrons. The van der Waals surface area contributed by atoms with E-state index >= 15 is 0 Å². The zero-order chi connectivity index (χ0) is 17.2. The molecule has 0 atom stereocenters. The highest BCUT2D eigenvalue weighted by Gasteiger charge is 2.14. The molecule has 0 spiro atoms. The van der Waals surface area contributed by atoms with E-state index in [9.17, 15) is 13.2 Å². The van der Waals surface area contributed by atoms with Gasteiger partial charge in [-0.25, -0.2) is 13.4 Å². The molecule has 0 bridgehead atoms. The van der Waals surface area contributed by atoms with Gasteiger partial charge in [0.2, 0.25) is 0 Å². The summed E-state index contributed by atoms with van der Waals surface area (Å²) in [6, 6.07) is 12.7. The molecule has 0 amide bonds. The summed E-state index contributed by atoms with van der Waals surface area (Å²) in [5.41, 5.74) is 1.77. The fourth-order valence-corrected chi connectivity index (χ4v) is 3.26. The van der Waals surface area contributed by atoms with Gasteiger partial charge in [0.05, 0.1) is 4.90 Å². The van der Waals surface area contributed by atoms with Crippen molar-refractivity contribution in [2.75, 3.05) is 4.72 Å². The second-order valence-electron chi connectivity index (χ2n) is 5.20. The van der Waals surface area contributed by atoms with Crippen LogP contribution in [0.5, 0.6) is 0 Å². The Kier molecular flexibility index (Phi) is 4.18. The Morgan fingerprint density at radius 1 is 1.04 bits per heavy atom. The lowest BCUT2D eigenvalue weighted by atomic mass is 10.2. The summed E-state index contributed by atoms with van der Waals surface area (Å²) in [6.45, 7) is 1.43. The number of aromatic nitrogens is 2. The van der Waals surface area contributed by atoms with Crippen LogP contribution in [0.15, 0.2) is 65.8 Å². The predicted molar refractivity (Wildman–Crippen MR) is 91.3 cm³/mol. The van der Waals surface area contributed by atoms with Crippen LogP contribution in [-0.4, -0.2) is 24.2 Å². The number of carbonyl (C=O) groups excluding carboxylic acids is 1. The average Bonchev–Trinajstić information content (AvgIpc) is 3.10. The number of hydrogen-bond donors (Lipinski definition) is 2. The lowest BCUT2D eigenvalue weighted by Crippen LogP contribution is -2.13. The molecule has 0 unspecified atom stereocenters. The van der Waals surface area contributed by atoms with Gasteiger partial charge < -0.3 is 4.98 Å². The number of sulfonamides is 1. The third kappa shape index (κ3) is 3.36. The molecule has 0 saturated heterocycles. The Morgan fingerprint density at radius 2 is 1.71 bits per heavy atom. The van der Waals surface area contributed by atoms with Crippen LogP contribution in [0.2, 0.25) is 0 Å². The van der Waals surface area contributed by atoms with Crippen molar-refractivity contribution in [3.05, 3.63) is 66.5 Å². The highest BCUT2D eigenvalue weighted by Crippen LogP contribution is 2.20. The van der Waals surface area contributed by atoms with Gasteiger partial charge in [0.1, 0.15) is 5.82 Å². The first-order valence-electron chi connectivity index (χ1n) is 7.19. The van der Waals surface area contributed by atoms with Crippen LogP contribution in [0.1, 0.15) is 17.3 Å². The Balaban J connectivity index is 1.80. The standard InChI is InChI=1S/C17H15N3O3S/c1-12(21)13-4-8-16(9-5-13)24(22,23)20-15-6-2-14(3-7-15)17-18-10-11-19-17/h2-11,20H,1H3,(H,18,19). The van der Waals surface area contributed by atoms with E-state index in [0.29, 0.717) is 17.1 Å². The molecule has 1 heterocycles. The first-order valence-corrected chi connectivity index (χ1v) is 8.68. The smallest absolute Gasteiger partial charge is 0.261 e. The summed E-state index contributed by atoms with van der Waals surface area (Å²) in [5.74, 6) is 0.602. The van der Waals surface area contributed by atoms with Crippen LogP contribution in [0.3, 0.4) is 0 Å². The molecule has 0 aliphatic rings. The van der Waals surface area contributed by atoms with Crippen LogP contribution in [0, 0.1) is 0 Å². The number of anilines is 1. The van der Waals surface area contributed by atoms with E-state index in [1.807, 2.05) is 0 Å². The molecular formula is C17H15N3O3S. The van der Waals surface area contributed by atoms with Crippen LogP contribution in [0.25, 0.3) is 11.4 Å². The number of nitrogens with zero attached hydrogens (tertiary/aromatic N) is 1. The van der Waals surface area contributed by atoms with Gasteiger partial charge in [-0.05, 0) is 43.3 Å². The SMILES string of the molecule is CC(=O)c1ccc(S(=O)(=O)Nc2ccc(-c3ncc[nH]3)cc2)cc1. The number of benzene rings is 2. The quantitative estimate of drug-likeness (QED) is 0.698. The minimum Gasteiger partial charge on any atom is -0.345 e. The summed E-state index contributed by atoms with van der Waals surface area (Å²) in [4.78, 5) is 18.5. The van der Waals surface area contributed by atoms with Gasteiger partial charge in [-0.3, -0.25) is 9.52 Å². The van der Waals surface area contributed by atoms with Crippen molar-refractivity contribution >= 4 is 21.5 Å². The lowest BCUT2D eigenvalue weighted by Gasteiger charge is -2.09. The molecule has 2 aromatic carbocycles. The summed E-state index contributed by atoms with van der Waals surface area (Å²) >= 11 is 0. The summed E-state index contributed by atoms with van der Waals surface area (Å²) in [5, 5.41) is 0. The van der Waals surface area contributed by atoms with Crippen molar-refractivity contribution in [3.63, 3.8) is 0 Å². The van der Waals surface area contributed by atoms with Gasteiger partial charge in [-0.1, -0.05) is 12.1 Å². The maximum Gasteiger partial charge on any atom is 0.261 e. The van der Waals surface area contributed by atoms with E-state index in [4.69, 9.17) is 0 Å². The fraction of sp³-hybridized carbons (Fsp3) is 0.0588. The molecule has 122 valence electrons. The zero-order valence-electron chi connectivity index (χ0n) is 12.9. The summed E-state index contributed by atoms with van der Waals surface area (Å²) in [6.07, 6.45) is 3.37. The van der Waals surface area contributed by atoms with E-state index in [1.165, 1.54) is 31.2 Å². The first-order chi connectivity index (χ1) is 11.5. The Bertz CT molecular complexity index is 945. The number of aromatic amines is 1. The van der Waals surface area contributed by atoms with Gasteiger partial charge in [-0.2, -0.15) is 0 Å². The Morgan fingerprint density at radius 3 is 2.25 bits per heavy atom. The predicted octanol–water partition coefficient (Wildman–Crippen LogP) is 3.08. The highest BCUT2D eigenvalue weighted by molar-refractivity contribution is 7.92. The van der Waals surface area contributed by atoms with Crippen molar-refractivity contribution in [1.29, 1.82) is 0 Å². The van der Waals surface area contributed by atoms with Crippen LogP contribution in [0.4, 0.5) is 5.69 Å².